The Morgan fingerprint density at radius 1 is 1.31 bits per heavy atom. The van der Waals surface area contributed by atoms with Gasteiger partial charge in [0, 0.05) is 11.8 Å². The summed E-state index contributed by atoms with van der Waals surface area (Å²) in [4.78, 5) is 12.1. The maximum atomic E-state index is 12.1. The number of carbonyl (C=O) groups excluding carboxylic acids is 1. The van der Waals surface area contributed by atoms with Crippen molar-refractivity contribution in [3.8, 4) is 0 Å². The second kappa shape index (κ2) is 1.32. The first-order chi connectivity index (χ1) is 6.24. The maximum absolute atomic E-state index is 12.1. The van der Waals surface area contributed by atoms with E-state index in [1.54, 1.807) is 0 Å². The van der Waals surface area contributed by atoms with Crippen LogP contribution in [0, 0.1) is 46.8 Å². The van der Waals surface area contributed by atoms with E-state index in [1.807, 2.05) is 0 Å². The van der Waals surface area contributed by atoms with Crippen molar-refractivity contribution in [2.75, 3.05) is 0 Å². The summed E-state index contributed by atoms with van der Waals surface area (Å²) in [5.41, 5.74) is 0.522. The highest BCUT2D eigenvalue weighted by atomic mass is 16.1. The third-order valence-electron chi connectivity index (χ3n) is 6.69. The molecule has 6 saturated carbocycles. The monoisotopic (exact) mass is 174 g/mol. The van der Waals surface area contributed by atoms with E-state index in [4.69, 9.17) is 0 Å². The number of hydrogen-bond donors (Lipinski definition) is 0. The van der Waals surface area contributed by atoms with E-state index in [1.165, 1.54) is 12.8 Å². The van der Waals surface area contributed by atoms with Crippen LogP contribution in [0.15, 0.2) is 0 Å². The minimum Gasteiger partial charge on any atom is -0.299 e. The molecule has 6 rings (SSSR count). The summed E-state index contributed by atoms with van der Waals surface area (Å²) >= 11 is 0. The minimum atomic E-state index is 0.522. The molecule has 0 aliphatic heterocycles. The van der Waals surface area contributed by atoms with Gasteiger partial charge in [-0.05, 0) is 47.8 Å². The van der Waals surface area contributed by atoms with Crippen LogP contribution in [-0.2, 0) is 4.79 Å². The molecule has 0 aromatic heterocycles. The Hall–Kier alpha value is -0.330. The molecular formula is C12H14O. The zero-order valence-corrected chi connectivity index (χ0v) is 7.86. The summed E-state index contributed by atoms with van der Waals surface area (Å²) < 4.78 is 0. The van der Waals surface area contributed by atoms with Crippen molar-refractivity contribution in [1.82, 2.24) is 0 Å². The van der Waals surface area contributed by atoms with E-state index in [-0.39, 0.29) is 0 Å². The van der Waals surface area contributed by atoms with E-state index in [0.29, 0.717) is 23.0 Å². The molecule has 6 fully saturated rings. The van der Waals surface area contributed by atoms with Crippen LogP contribution >= 0.6 is 0 Å². The number of ketones is 1. The summed E-state index contributed by atoms with van der Waals surface area (Å²) in [5, 5.41) is 0. The van der Waals surface area contributed by atoms with Crippen molar-refractivity contribution in [3.05, 3.63) is 0 Å². The molecule has 0 heterocycles. The molecule has 8 unspecified atom stereocenters. The number of Topliss-reactive ketones (excluding diaryl/α,β-unsaturated/α-hetero) is 1. The van der Waals surface area contributed by atoms with E-state index >= 15 is 0 Å². The minimum absolute atomic E-state index is 0.522. The lowest BCUT2D eigenvalue weighted by Gasteiger charge is -2.72. The second-order valence-corrected chi connectivity index (χ2v) is 6.36. The molecule has 0 spiro atoms. The molecule has 1 heteroatoms. The molecule has 6 aliphatic carbocycles. The van der Waals surface area contributed by atoms with Gasteiger partial charge in [0.1, 0.15) is 5.78 Å². The molecule has 1 nitrogen and oxygen atoms in total. The van der Waals surface area contributed by atoms with Crippen molar-refractivity contribution < 1.29 is 4.79 Å². The highest BCUT2D eigenvalue weighted by Crippen LogP contribution is 2.88. The lowest BCUT2D eigenvalue weighted by molar-refractivity contribution is -0.247. The predicted molar refractivity (Wildman–Crippen MR) is 46.8 cm³/mol. The van der Waals surface area contributed by atoms with Crippen LogP contribution in [-0.4, -0.2) is 5.78 Å². The fourth-order valence-electron chi connectivity index (χ4n) is 6.63. The van der Waals surface area contributed by atoms with Crippen LogP contribution < -0.4 is 0 Å². The van der Waals surface area contributed by atoms with E-state index in [2.05, 4.69) is 6.92 Å². The zero-order valence-electron chi connectivity index (χ0n) is 7.86. The van der Waals surface area contributed by atoms with Gasteiger partial charge < -0.3 is 0 Å². The molecule has 68 valence electrons. The van der Waals surface area contributed by atoms with Crippen LogP contribution in [0.25, 0.3) is 0 Å². The van der Waals surface area contributed by atoms with Gasteiger partial charge in [0.05, 0.1) is 0 Å². The highest BCUT2D eigenvalue weighted by molar-refractivity contribution is 5.90. The summed E-state index contributed by atoms with van der Waals surface area (Å²) in [6, 6.07) is 0. The largest absolute Gasteiger partial charge is 0.299 e. The smallest absolute Gasteiger partial charge is 0.140 e. The molecule has 13 heavy (non-hydrogen) atoms. The Bertz CT molecular complexity index is 352. The highest BCUT2D eigenvalue weighted by Gasteiger charge is 2.86. The van der Waals surface area contributed by atoms with Gasteiger partial charge in [-0.25, -0.2) is 0 Å². The number of hydrogen-bond acceptors (Lipinski definition) is 1. The Balaban J connectivity index is 1.86. The Labute approximate surface area is 77.9 Å². The van der Waals surface area contributed by atoms with Crippen molar-refractivity contribution >= 4 is 5.78 Å². The normalized spacial score (nSPS) is 79.8. The average Bonchev–Trinajstić information content (AvgIpc) is 2.41. The molecule has 5 bridgehead atoms. The predicted octanol–water partition coefficient (Wildman–Crippen LogP) is 1.72. The van der Waals surface area contributed by atoms with Gasteiger partial charge in [-0.2, -0.15) is 0 Å². The standard InChI is InChI=1S/C12H14O/c1-12-7-3-5-4-2-6(9(12)8(4)7)10(12)11(5)13/h4-10H,2-3H2,1H3. The van der Waals surface area contributed by atoms with Crippen LogP contribution in [0.1, 0.15) is 19.8 Å². The van der Waals surface area contributed by atoms with Gasteiger partial charge in [-0.3, -0.25) is 4.79 Å². The number of carbonyl (C=O) groups is 1. The van der Waals surface area contributed by atoms with Gasteiger partial charge in [-0.15, -0.1) is 0 Å². The molecule has 8 atom stereocenters. The lowest BCUT2D eigenvalue weighted by atomic mass is 9.31. The summed E-state index contributed by atoms with van der Waals surface area (Å²) in [6.07, 6.45) is 2.72. The van der Waals surface area contributed by atoms with Crippen LogP contribution in [0.3, 0.4) is 0 Å². The Morgan fingerprint density at radius 3 is 3.00 bits per heavy atom. The third-order valence-corrected chi connectivity index (χ3v) is 6.69. The molecule has 0 radical (unpaired) electrons. The molecule has 0 amide bonds. The van der Waals surface area contributed by atoms with Crippen LogP contribution in [0.4, 0.5) is 0 Å². The zero-order chi connectivity index (χ0) is 8.53. The first kappa shape index (κ1) is 6.21. The first-order valence-corrected chi connectivity index (χ1v) is 5.78. The van der Waals surface area contributed by atoms with Gasteiger partial charge in [0.25, 0.3) is 0 Å². The van der Waals surface area contributed by atoms with E-state index in [9.17, 15) is 4.79 Å². The topological polar surface area (TPSA) is 17.1 Å². The molecule has 0 aromatic carbocycles. The first-order valence-electron chi connectivity index (χ1n) is 5.78. The van der Waals surface area contributed by atoms with Crippen molar-refractivity contribution in [1.29, 1.82) is 0 Å². The molecule has 0 N–H and O–H groups in total. The molecule has 0 saturated heterocycles. The lowest BCUT2D eigenvalue weighted by Crippen LogP contribution is -2.71. The van der Waals surface area contributed by atoms with E-state index in [0.717, 1.165) is 29.6 Å². The fraction of sp³-hybridized carbons (Fsp3) is 0.917. The van der Waals surface area contributed by atoms with Gasteiger partial charge in [0.2, 0.25) is 0 Å². The Kier molecular flexibility index (Phi) is 0.633. The van der Waals surface area contributed by atoms with Crippen LogP contribution in [0.5, 0.6) is 0 Å². The molecular weight excluding hydrogens is 160 g/mol. The van der Waals surface area contributed by atoms with Gasteiger partial charge in [-0.1, -0.05) is 6.92 Å². The summed E-state index contributed by atoms with van der Waals surface area (Å²) in [6.45, 7) is 2.42. The second-order valence-electron chi connectivity index (χ2n) is 6.36. The fourth-order valence-corrected chi connectivity index (χ4v) is 6.63. The summed E-state index contributed by atoms with van der Waals surface area (Å²) in [5.74, 6) is 6.49. The Morgan fingerprint density at radius 2 is 2.15 bits per heavy atom. The SMILES string of the molecule is CC12C3CC4C(=O)C1C1CC4C3C12. The van der Waals surface area contributed by atoms with Crippen molar-refractivity contribution in [3.63, 3.8) is 0 Å². The number of rotatable bonds is 0. The maximum Gasteiger partial charge on any atom is 0.140 e. The molecule has 0 aromatic rings. The summed E-state index contributed by atoms with van der Waals surface area (Å²) in [7, 11) is 0. The quantitative estimate of drug-likeness (QED) is 0.546. The third kappa shape index (κ3) is 0.328. The van der Waals surface area contributed by atoms with Crippen LogP contribution in [0.2, 0.25) is 0 Å². The van der Waals surface area contributed by atoms with Crippen molar-refractivity contribution in [2.24, 2.45) is 46.8 Å². The van der Waals surface area contributed by atoms with E-state index < -0.39 is 0 Å². The average molecular weight is 174 g/mol. The molecule has 6 aliphatic rings. The van der Waals surface area contributed by atoms with Gasteiger partial charge in [0.15, 0.2) is 0 Å². The van der Waals surface area contributed by atoms with Crippen molar-refractivity contribution in [2.45, 2.75) is 19.8 Å². The van der Waals surface area contributed by atoms with Gasteiger partial charge >= 0.3 is 0 Å².